The van der Waals surface area contributed by atoms with E-state index in [-0.39, 0.29) is 12.3 Å². The van der Waals surface area contributed by atoms with Gasteiger partial charge in [-0.3, -0.25) is 0 Å². The average Bonchev–Trinajstić information content (AvgIpc) is 3.28. The van der Waals surface area contributed by atoms with Crippen molar-refractivity contribution in [1.29, 1.82) is 0 Å². The van der Waals surface area contributed by atoms with E-state index in [1.54, 1.807) is 0 Å². The Morgan fingerprint density at radius 1 is 1.08 bits per heavy atom. The third-order valence-electron chi connectivity index (χ3n) is 4.86. The normalized spacial score (nSPS) is 21.0. The summed E-state index contributed by atoms with van der Waals surface area (Å²) in [7, 11) is 0. The first-order valence-electron chi connectivity index (χ1n) is 8.63. The van der Waals surface area contributed by atoms with Crippen LogP contribution in [0.4, 0.5) is 0 Å². The highest BCUT2D eigenvalue weighted by atomic mass is 35.5. The maximum atomic E-state index is 6.31. The number of benzene rings is 2. The second-order valence-corrected chi connectivity index (χ2v) is 7.06. The number of nitrogens with zero attached hydrogens (tertiary/aromatic N) is 2. The van der Waals surface area contributed by atoms with Crippen LogP contribution in [0.15, 0.2) is 70.2 Å². The van der Waals surface area contributed by atoms with Crippen LogP contribution in [0.1, 0.15) is 41.3 Å². The molecule has 2 atom stereocenters. The molecule has 0 radical (unpaired) electrons. The fourth-order valence-corrected chi connectivity index (χ4v) is 3.81. The molecule has 2 aliphatic rings. The molecule has 1 aromatic heterocycles. The Kier molecular flexibility index (Phi) is 3.54. The van der Waals surface area contributed by atoms with E-state index in [0.29, 0.717) is 5.02 Å². The average molecular weight is 365 g/mol. The van der Waals surface area contributed by atoms with E-state index in [2.05, 4.69) is 12.1 Å². The summed E-state index contributed by atoms with van der Waals surface area (Å²) in [5.41, 5.74) is 3.06. The van der Waals surface area contributed by atoms with Crippen LogP contribution >= 0.6 is 11.6 Å². The van der Waals surface area contributed by atoms with Gasteiger partial charge in [0.2, 0.25) is 6.23 Å². The smallest absolute Gasteiger partial charge is 0.213 e. The number of hydrogen-bond donors (Lipinski definition) is 0. The lowest BCUT2D eigenvalue weighted by Gasteiger charge is -2.38. The van der Waals surface area contributed by atoms with E-state index >= 15 is 0 Å². The SMILES string of the molecule is Cc1ccc(C2=NN3[C@@H](C2)c2cc(Cl)ccc2O[C@H]3c2ccccc2)o1. The molecule has 5 rings (SSSR count). The molecular formula is C21H17ClN2O2. The molecule has 0 unspecified atom stereocenters. The lowest BCUT2D eigenvalue weighted by molar-refractivity contribution is -0.0190. The minimum absolute atomic E-state index is 0.0723. The summed E-state index contributed by atoms with van der Waals surface area (Å²) >= 11 is 6.25. The summed E-state index contributed by atoms with van der Waals surface area (Å²) in [5, 5.41) is 7.60. The Bertz CT molecular complexity index is 996. The molecule has 0 saturated carbocycles. The molecule has 4 nitrogen and oxygen atoms in total. The van der Waals surface area contributed by atoms with Gasteiger partial charge in [0, 0.05) is 22.6 Å². The summed E-state index contributed by atoms with van der Waals surface area (Å²) in [6.45, 7) is 1.94. The Labute approximate surface area is 156 Å². The fraction of sp³-hybridized carbons (Fsp3) is 0.190. The largest absolute Gasteiger partial charge is 0.464 e. The number of fused-ring (bicyclic) bond motifs is 3. The first-order valence-corrected chi connectivity index (χ1v) is 9.00. The molecule has 5 heteroatoms. The molecule has 130 valence electrons. The van der Waals surface area contributed by atoms with Crippen molar-refractivity contribution >= 4 is 17.3 Å². The second-order valence-electron chi connectivity index (χ2n) is 6.62. The number of ether oxygens (including phenoxy) is 1. The summed E-state index contributed by atoms with van der Waals surface area (Å²) in [5.74, 6) is 2.55. The highest BCUT2D eigenvalue weighted by Gasteiger charge is 2.41. The zero-order valence-electron chi connectivity index (χ0n) is 14.2. The van der Waals surface area contributed by atoms with Crippen LogP contribution < -0.4 is 4.74 Å². The van der Waals surface area contributed by atoms with Gasteiger partial charge >= 0.3 is 0 Å². The van der Waals surface area contributed by atoms with Crippen molar-refractivity contribution in [1.82, 2.24) is 5.01 Å². The van der Waals surface area contributed by atoms with Crippen molar-refractivity contribution in [3.63, 3.8) is 0 Å². The van der Waals surface area contributed by atoms with E-state index in [1.807, 2.05) is 60.5 Å². The molecule has 3 aromatic rings. The van der Waals surface area contributed by atoms with Gasteiger partial charge in [-0.05, 0) is 37.3 Å². The molecule has 0 aliphatic carbocycles. The monoisotopic (exact) mass is 364 g/mol. The van der Waals surface area contributed by atoms with Gasteiger partial charge in [-0.2, -0.15) is 5.10 Å². The van der Waals surface area contributed by atoms with Gasteiger partial charge in [0.25, 0.3) is 0 Å². The van der Waals surface area contributed by atoms with E-state index in [0.717, 1.165) is 40.5 Å². The Hall–Kier alpha value is -2.72. The number of furan rings is 1. The fourth-order valence-electron chi connectivity index (χ4n) is 3.63. The standard InChI is InChI=1S/C21H17ClN2O2/c1-13-7-9-20(25-13)17-12-18-16-11-15(22)8-10-19(16)26-21(24(18)23-17)14-5-3-2-4-6-14/h2-11,18,21H,12H2,1H3/t18-,21-/m0/s1. The number of rotatable bonds is 2. The number of halogens is 1. The summed E-state index contributed by atoms with van der Waals surface area (Å²) in [4.78, 5) is 0. The van der Waals surface area contributed by atoms with E-state index < -0.39 is 0 Å². The third kappa shape index (κ3) is 2.49. The second kappa shape index (κ2) is 5.92. The molecule has 2 aliphatic heterocycles. The van der Waals surface area contributed by atoms with Crippen LogP contribution in [0, 0.1) is 6.92 Å². The Morgan fingerprint density at radius 3 is 2.69 bits per heavy atom. The highest BCUT2D eigenvalue weighted by Crippen LogP contribution is 2.48. The minimum atomic E-state index is -0.275. The molecule has 26 heavy (non-hydrogen) atoms. The quantitative estimate of drug-likeness (QED) is 0.604. The lowest BCUT2D eigenvalue weighted by Crippen LogP contribution is -2.33. The van der Waals surface area contributed by atoms with Crippen molar-refractivity contribution in [3.05, 3.63) is 88.3 Å². The Morgan fingerprint density at radius 2 is 1.92 bits per heavy atom. The van der Waals surface area contributed by atoms with Crippen molar-refractivity contribution < 1.29 is 9.15 Å². The van der Waals surface area contributed by atoms with Gasteiger partial charge in [0.1, 0.15) is 23.0 Å². The van der Waals surface area contributed by atoms with Gasteiger partial charge in [0.05, 0.1) is 6.04 Å². The predicted octanol–water partition coefficient (Wildman–Crippen LogP) is 5.48. The van der Waals surface area contributed by atoms with Gasteiger partial charge < -0.3 is 9.15 Å². The molecule has 0 fully saturated rings. The number of hydrazone groups is 1. The summed E-state index contributed by atoms with van der Waals surface area (Å²) in [6, 6.07) is 20.0. The number of aryl methyl sites for hydroxylation is 1. The number of hydrogen-bond acceptors (Lipinski definition) is 4. The van der Waals surface area contributed by atoms with Gasteiger partial charge in [-0.15, -0.1) is 0 Å². The lowest BCUT2D eigenvalue weighted by atomic mass is 9.97. The molecule has 0 amide bonds. The van der Waals surface area contributed by atoms with Crippen LogP contribution in [-0.4, -0.2) is 10.7 Å². The van der Waals surface area contributed by atoms with Crippen molar-refractivity contribution in [2.75, 3.05) is 0 Å². The minimum Gasteiger partial charge on any atom is -0.464 e. The maximum Gasteiger partial charge on any atom is 0.213 e. The molecular weight excluding hydrogens is 348 g/mol. The van der Waals surface area contributed by atoms with Crippen molar-refractivity contribution in [2.45, 2.75) is 25.6 Å². The molecule has 2 aromatic carbocycles. The summed E-state index contributed by atoms with van der Waals surface area (Å²) in [6.07, 6.45) is 0.482. The van der Waals surface area contributed by atoms with Crippen LogP contribution in [0.25, 0.3) is 0 Å². The maximum absolute atomic E-state index is 6.31. The third-order valence-corrected chi connectivity index (χ3v) is 5.10. The van der Waals surface area contributed by atoms with Gasteiger partial charge in [-0.1, -0.05) is 41.9 Å². The van der Waals surface area contributed by atoms with E-state index in [1.165, 1.54) is 0 Å². The first-order chi connectivity index (χ1) is 12.7. The molecule has 0 spiro atoms. The van der Waals surface area contributed by atoms with Crippen LogP contribution in [0.5, 0.6) is 5.75 Å². The molecule has 0 N–H and O–H groups in total. The van der Waals surface area contributed by atoms with Crippen LogP contribution in [0.2, 0.25) is 5.02 Å². The zero-order chi connectivity index (χ0) is 17.7. The van der Waals surface area contributed by atoms with Crippen molar-refractivity contribution in [3.8, 4) is 5.75 Å². The zero-order valence-corrected chi connectivity index (χ0v) is 15.0. The van der Waals surface area contributed by atoms with E-state index in [4.69, 9.17) is 25.9 Å². The van der Waals surface area contributed by atoms with Gasteiger partial charge in [0.15, 0.2) is 0 Å². The van der Waals surface area contributed by atoms with Crippen LogP contribution in [-0.2, 0) is 0 Å². The molecule has 0 saturated heterocycles. The van der Waals surface area contributed by atoms with Crippen LogP contribution in [0.3, 0.4) is 0 Å². The molecule has 3 heterocycles. The van der Waals surface area contributed by atoms with Crippen molar-refractivity contribution in [2.24, 2.45) is 5.10 Å². The van der Waals surface area contributed by atoms with Gasteiger partial charge in [-0.25, -0.2) is 5.01 Å². The van der Waals surface area contributed by atoms with E-state index in [9.17, 15) is 0 Å². The topological polar surface area (TPSA) is 38.0 Å². The first kappa shape index (κ1) is 15.5. The predicted molar refractivity (Wildman–Crippen MR) is 100 cm³/mol. The molecule has 0 bridgehead atoms. The summed E-state index contributed by atoms with van der Waals surface area (Å²) < 4.78 is 12.1. The highest BCUT2D eigenvalue weighted by molar-refractivity contribution is 6.30. The Balaban J connectivity index is 1.61.